The van der Waals surface area contributed by atoms with Crippen LogP contribution < -0.4 is 5.32 Å². The van der Waals surface area contributed by atoms with Gasteiger partial charge in [-0.25, -0.2) is 0 Å². The Morgan fingerprint density at radius 1 is 0.900 bits per heavy atom. The Morgan fingerprint density at radius 3 is 2.23 bits per heavy atom. The number of Topliss-reactive ketones (excluding diaryl/α,β-unsaturated/α-hetero) is 1. The number of esters is 1. The van der Waals surface area contributed by atoms with E-state index in [1.165, 1.54) is 18.7 Å². The van der Waals surface area contributed by atoms with Crippen LogP contribution in [-0.2, 0) is 14.3 Å². The highest BCUT2D eigenvalue weighted by Gasteiger charge is 2.24. The number of hydrogen-bond donors (Lipinski definition) is 1. The fourth-order valence-electron chi connectivity index (χ4n) is 2.74. The summed E-state index contributed by atoms with van der Waals surface area (Å²) in [5.41, 5.74) is 1.76. The largest absolute Gasteiger partial charge is 0.454 e. The van der Waals surface area contributed by atoms with Crippen molar-refractivity contribution in [2.45, 2.75) is 17.1 Å². The van der Waals surface area contributed by atoms with E-state index in [1.54, 1.807) is 24.3 Å². The van der Waals surface area contributed by atoms with Crippen molar-refractivity contribution in [1.29, 1.82) is 0 Å². The molecule has 0 radical (unpaired) electrons. The maximum atomic E-state index is 12.8. The fourth-order valence-corrected chi connectivity index (χ4v) is 3.78. The second-order valence-corrected chi connectivity index (χ2v) is 7.69. The molecule has 0 saturated carbocycles. The number of thioether (sulfide) groups is 1. The molecule has 0 aliphatic heterocycles. The topological polar surface area (TPSA) is 72.5 Å². The van der Waals surface area contributed by atoms with Crippen molar-refractivity contribution in [3.8, 4) is 0 Å². The minimum atomic E-state index is -0.595. The van der Waals surface area contributed by atoms with Crippen LogP contribution in [0.3, 0.4) is 0 Å². The van der Waals surface area contributed by atoms with E-state index in [1.807, 2.05) is 60.7 Å². The maximum Gasteiger partial charge on any atom is 0.324 e. The predicted octanol–water partition coefficient (Wildman–Crippen LogP) is 4.90. The highest BCUT2D eigenvalue weighted by atomic mass is 32.2. The van der Waals surface area contributed by atoms with E-state index in [0.29, 0.717) is 11.3 Å². The van der Waals surface area contributed by atoms with Gasteiger partial charge in [-0.15, -0.1) is 11.8 Å². The standard InChI is InChI=1S/C24H21NO4S/c1-17(26)19-11-8-12-20(15-19)25-22(27)16-29-24(28)23(18-9-4-2-5-10-18)30-21-13-6-3-7-14-21/h2-15,23H,16H2,1H3,(H,25,27)/t23-/m0/s1. The first-order chi connectivity index (χ1) is 14.5. The van der Waals surface area contributed by atoms with Crippen LogP contribution in [0.4, 0.5) is 5.69 Å². The summed E-state index contributed by atoms with van der Waals surface area (Å²) >= 11 is 1.37. The Kier molecular flexibility index (Phi) is 7.40. The highest BCUT2D eigenvalue weighted by Crippen LogP contribution is 2.36. The third kappa shape index (κ3) is 6.06. The minimum absolute atomic E-state index is 0.0961. The molecular formula is C24H21NO4S. The van der Waals surface area contributed by atoms with E-state index in [4.69, 9.17) is 4.74 Å². The number of carbonyl (C=O) groups excluding carboxylic acids is 3. The highest BCUT2D eigenvalue weighted by molar-refractivity contribution is 8.00. The molecule has 0 fully saturated rings. The Balaban J connectivity index is 1.64. The SMILES string of the molecule is CC(=O)c1cccc(NC(=O)COC(=O)[C@@H](Sc2ccccc2)c2ccccc2)c1. The summed E-state index contributed by atoms with van der Waals surface area (Å²) in [6.45, 7) is 1.04. The van der Waals surface area contributed by atoms with Crippen LogP contribution in [0.2, 0.25) is 0 Å². The number of carbonyl (C=O) groups is 3. The Morgan fingerprint density at radius 2 is 1.57 bits per heavy atom. The van der Waals surface area contributed by atoms with Crippen molar-refractivity contribution in [1.82, 2.24) is 0 Å². The molecule has 0 unspecified atom stereocenters. The monoisotopic (exact) mass is 419 g/mol. The van der Waals surface area contributed by atoms with Crippen molar-refractivity contribution in [3.63, 3.8) is 0 Å². The van der Waals surface area contributed by atoms with Crippen LogP contribution in [0.5, 0.6) is 0 Å². The summed E-state index contributed by atoms with van der Waals surface area (Å²) in [5.74, 6) is -1.07. The predicted molar refractivity (Wildman–Crippen MR) is 118 cm³/mol. The summed E-state index contributed by atoms with van der Waals surface area (Å²) in [6, 6.07) is 25.5. The van der Waals surface area contributed by atoms with Crippen LogP contribution in [0.15, 0.2) is 89.8 Å². The summed E-state index contributed by atoms with van der Waals surface area (Å²) < 4.78 is 5.30. The third-order valence-corrected chi connectivity index (χ3v) is 5.46. The number of ether oxygens (including phenoxy) is 1. The number of nitrogens with one attached hydrogen (secondary N) is 1. The fraction of sp³-hybridized carbons (Fsp3) is 0.125. The molecule has 6 heteroatoms. The molecule has 1 atom stereocenters. The van der Waals surface area contributed by atoms with Gasteiger partial charge in [0.15, 0.2) is 12.4 Å². The van der Waals surface area contributed by atoms with Crippen molar-refractivity contribution in [2.24, 2.45) is 0 Å². The van der Waals surface area contributed by atoms with Gasteiger partial charge in [0.25, 0.3) is 5.91 Å². The van der Waals surface area contributed by atoms with E-state index in [-0.39, 0.29) is 5.78 Å². The average Bonchev–Trinajstić information content (AvgIpc) is 2.77. The molecule has 0 spiro atoms. The van der Waals surface area contributed by atoms with Crippen LogP contribution in [0.1, 0.15) is 28.1 Å². The Labute approximate surface area is 179 Å². The van der Waals surface area contributed by atoms with Crippen LogP contribution in [-0.4, -0.2) is 24.3 Å². The molecule has 5 nitrogen and oxygen atoms in total. The van der Waals surface area contributed by atoms with Gasteiger partial charge in [0.05, 0.1) is 0 Å². The number of ketones is 1. The molecule has 1 N–H and O–H groups in total. The van der Waals surface area contributed by atoms with Gasteiger partial charge in [0, 0.05) is 16.1 Å². The van der Waals surface area contributed by atoms with Gasteiger partial charge in [-0.3, -0.25) is 14.4 Å². The van der Waals surface area contributed by atoms with E-state index in [2.05, 4.69) is 5.32 Å². The lowest BCUT2D eigenvalue weighted by atomic mass is 10.1. The first-order valence-corrected chi connectivity index (χ1v) is 10.2. The number of hydrogen-bond acceptors (Lipinski definition) is 5. The molecule has 3 aromatic rings. The van der Waals surface area contributed by atoms with E-state index in [9.17, 15) is 14.4 Å². The van der Waals surface area contributed by atoms with Gasteiger partial charge in [-0.1, -0.05) is 60.7 Å². The summed E-state index contributed by atoms with van der Waals surface area (Å²) in [5, 5.41) is 2.05. The molecule has 0 aliphatic rings. The molecule has 0 aromatic heterocycles. The second-order valence-electron chi connectivity index (χ2n) is 6.51. The number of anilines is 1. The van der Waals surface area contributed by atoms with E-state index in [0.717, 1.165) is 10.5 Å². The van der Waals surface area contributed by atoms with Gasteiger partial charge in [-0.05, 0) is 36.8 Å². The van der Waals surface area contributed by atoms with E-state index < -0.39 is 23.7 Å². The van der Waals surface area contributed by atoms with E-state index >= 15 is 0 Å². The number of amides is 1. The van der Waals surface area contributed by atoms with Crippen LogP contribution in [0, 0.1) is 0 Å². The lowest BCUT2D eigenvalue weighted by molar-refractivity contribution is -0.146. The molecule has 0 aliphatic carbocycles. The first-order valence-electron chi connectivity index (χ1n) is 9.37. The van der Waals surface area contributed by atoms with Crippen LogP contribution >= 0.6 is 11.8 Å². The summed E-state index contributed by atoms with van der Waals surface area (Å²) in [6.07, 6.45) is 0. The van der Waals surface area contributed by atoms with Crippen molar-refractivity contribution < 1.29 is 19.1 Å². The Bertz CT molecular complexity index is 1020. The maximum absolute atomic E-state index is 12.8. The molecule has 30 heavy (non-hydrogen) atoms. The lowest BCUT2D eigenvalue weighted by Gasteiger charge is -2.16. The molecular weight excluding hydrogens is 398 g/mol. The molecule has 3 aromatic carbocycles. The summed E-state index contributed by atoms with van der Waals surface area (Å²) in [7, 11) is 0. The zero-order chi connectivity index (χ0) is 21.3. The number of benzene rings is 3. The van der Waals surface area contributed by atoms with Crippen molar-refractivity contribution >= 4 is 35.1 Å². The van der Waals surface area contributed by atoms with Gasteiger partial charge in [0.2, 0.25) is 0 Å². The van der Waals surface area contributed by atoms with Crippen molar-refractivity contribution in [2.75, 3.05) is 11.9 Å². The third-order valence-electron chi connectivity index (χ3n) is 4.21. The second kappa shape index (κ2) is 10.4. The molecule has 0 saturated heterocycles. The van der Waals surface area contributed by atoms with Gasteiger partial charge >= 0.3 is 5.97 Å². The van der Waals surface area contributed by atoms with Gasteiger partial charge in [0.1, 0.15) is 5.25 Å². The first kappa shape index (κ1) is 21.3. The molecule has 0 bridgehead atoms. The minimum Gasteiger partial charge on any atom is -0.454 e. The Hall–Kier alpha value is -3.38. The lowest BCUT2D eigenvalue weighted by Crippen LogP contribution is -2.23. The normalized spacial score (nSPS) is 11.4. The van der Waals surface area contributed by atoms with Crippen LogP contribution in [0.25, 0.3) is 0 Å². The zero-order valence-corrected chi connectivity index (χ0v) is 17.2. The zero-order valence-electron chi connectivity index (χ0n) is 16.4. The molecule has 1 amide bonds. The summed E-state index contributed by atoms with van der Waals surface area (Å²) in [4.78, 5) is 37.4. The molecule has 0 heterocycles. The van der Waals surface area contributed by atoms with Gasteiger partial charge in [-0.2, -0.15) is 0 Å². The van der Waals surface area contributed by atoms with Gasteiger partial charge < -0.3 is 10.1 Å². The van der Waals surface area contributed by atoms with Crippen molar-refractivity contribution in [3.05, 3.63) is 96.1 Å². The molecule has 152 valence electrons. The smallest absolute Gasteiger partial charge is 0.324 e. The average molecular weight is 420 g/mol. The number of rotatable bonds is 8. The quantitative estimate of drug-likeness (QED) is 0.319. The molecule has 3 rings (SSSR count).